The van der Waals surface area contributed by atoms with Gasteiger partial charge in [0, 0.05) is 10.6 Å². The Balaban J connectivity index is 1.63. The average Bonchev–Trinajstić information content (AvgIpc) is 2.69. The molecule has 0 aliphatic rings. The van der Waals surface area contributed by atoms with E-state index in [1.165, 1.54) is 6.21 Å². The Morgan fingerprint density at radius 3 is 2.50 bits per heavy atom. The van der Waals surface area contributed by atoms with Crippen LogP contribution in [0, 0.1) is 6.92 Å². The van der Waals surface area contributed by atoms with Crippen molar-refractivity contribution in [2.75, 3.05) is 0 Å². The number of hydrazone groups is 1. The number of ether oxygens (including phenoxy) is 1. The van der Waals surface area contributed by atoms with Crippen molar-refractivity contribution in [1.29, 1.82) is 0 Å². The summed E-state index contributed by atoms with van der Waals surface area (Å²) in [4.78, 5) is 24.3. The van der Waals surface area contributed by atoms with Gasteiger partial charge in [0.2, 0.25) is 0 Å². The van der Waals surface area contributed by atoms with Crippen LogP contribution in [0.2, 0.25) is 5.02 Å². The van der Waals surface area contributed by atoms with Crippen LogP contribution in [-0.4, -0.2) is 18.1 Å². The molecule has 0 radical (unpaired) electrons. The molecular formula is C22H17ClN2O3. The summed E-state index contributed by atoms with van der Waals surface area (Å²) in [5.41, 5.74) is 4.99. The molecule has 5 nitrogen and oxygen atoms in total. The van der Waals surface area contributed by atoms with Gasteiger partial charge in [-0.25, -0.2) is 10.2 Å². The maximum atomic E-state index is 12.2. The van der Waals surface area contributed by atoms with Crippen LogP contribution < -0.4 is 10.2 Å². The van der Waals surface area contributed by atoms with Crippen LogP contribution in [0.1, 0.15) is 31.8 Å². The molecule has 0 saturated carbocycles. The Labute approximate surface area is 167 Å². The molecule has 3 rings (SSSR count). The molecule has 0 bridgehead atoms. The third-order valence-electron chi connectivity index (χ3n) is 3.92. The number of aryl methyl sites for hydroxylation is 1. The first kappa shape index (κ1) is 19.3. The Hall–Kier alpha value is -3.44. The third kappa shape index (κ3) is 5.05. The van der Waals surface area contributed by atoms with E-state index in [0.717, 1.165) is 5.56 Å². The Morgan fingerprint density at radius 2 is 1.75 bits per heavy atom. The first-order valence-electron chi connectivity index (χ1n) is 8.50. The molecule has 3 aromatic rings. The summed E-state index contributed by atoms with van der Waals surface area (Å²) in [5.74, 6) is -0.410. The minimum absolute atomic E-state index is 0.292. The van der Waals surface area contributed by atoms with Gasteiger partial charge in [0.1, 0.15) is 5.75 Å². The minimum Gasteiger partial charge on any atom is -0.423 e. The predicted octanol–water partition coefficient (Wildman–Crippen LogP) is 4.63. The van der Waals surface area contributed by atoms with Crippen molar-refractivity contribution in [3.05, 3.63) is 100 Å². The number of hydrogen-bond donors (Lipinski definition) is 1. The second-order valence-electron chi connectivity index (χ2n) is 5.98. The number of halogens is 1. The van der Waals surface area contributed by atoms with E-state index in [1.54, 1.807) is 60.7 Å². The quantitative estimate of drug-likeness (QED) is 0.298. The Bertz CT molecular complexity index is 1030. The molecule has 0 atom stereocenters. The van der Waals surface area contributed by atoms with E-state index in [0.29, 0.717) is 27.5 Å². The molecule has 0 aliphatic carbocycles. The minimum atomic E-state index is -0.487. The molecule has 0 heterocycles. The van der Waals surface area contributed by atoms with Gasteiger partial charge in [-0.3, -0.25) is 4.79 Å². The zero-order valence-electron chi connectivity index (χ0n) is 15.1. The van der Waals surface area contributed by atoms with E-state index in [4.69, 9.17) is 16.3 Å². The largest absolute Gasteiger partial charge is 0.423 e. The van der Waals surface area contributed by atoms with Crippen LogP contribution in [0.5, 0.6) is 5.75 Å². The van der Waals surface area contributed by atoms with E-state index in [1.807, 2.05) is 19.1 Å². The third-order valence-corrected chi connectivity index (χ3v) is 4.17. The molecule has 0 fully saturated rings. The van der Waals surface area contributed by atoms with E-state index < -0.39 is 5.97 Å². The van der Waals surface area contributed by atoms with Gasteiger partial charge < -0.3 is 4.74 Å². The van der Waals surface area contributed by atoms with Gasteiger partial charge in [0.15, 0.2) is 0 Å². The molecule has 0 spiro atoms. The van der Waals surface area contributed by atoms with Crippen LogP contribution in [0.4, 0.5) is 0 Å². The van der Waals surface area contributed by atoms with Crippen molar-refractivity contribution < 1.29 is 14.3 Å². The second-order valence-corrected chi connectivity index (χ2v) is 6.42. The van der Waals surface area contributed by atoms with Crippen LogP contribution >= 0.6 is 11.6 Å². The highest BCUT2D eigenvalue weighted by Gasteiger charge is 2.09. The number of carbonyl (C=O) groups is 2. The first-order chi connectivity index (χ1) is 13.5. The van der Waals surface area contributed by atoms with Crippen LogP contribution in [0.3, 0.4) is 0 Å². The topological polar surface area (TPSA) is 67.8 Å². The standard InChI is InChI=1S/C22H17ClN2O3/c1-15-5-2-3-8-20(15)21(26)25-24-14-16-6-4-7-19(13-16)28-22(27)17-9-11-18(23)12-10-17/h2-14H,1H3,(H,25,26). The van der Waals surface area contributed by atoms with Crippen LogP contribution in [0.15, 0.2) is 77.9 Å². The lowest BCUT2D eigenvalue weighted by molar-refractivity contribution is 0.0734. The molecule has 140 valence electrons. The maximum Gasteiger partial charge on any atom is 0.343 e. The predicted molar refractivity (Wildman–Crippen MR) is 109 cm³/mol. The summed E-state index contributed by atoms with van der Waals surface area (Å²) in [6.07, 6.45) is 1.48. The van der Waals surface area contributed by atoms with E-state index >= 15 is 0 Å². The highest BCUT2D eigenvalue weighted by Crippen LogP contribution is 2.16. The molecule has 0 aliphatic heterocycles. The SMILES string of the molecule is Cc1ccccc1C(=O)NN=Cc1cccc(OC(=O)c2ccc(Cl)cc2)c1. The van der Waals surface area contributed by atoms with Gasteiger partial charge in [0.25, 0.3) is 5.91 Å². The smallest absolute Gasteiger partial charge is 0.343 e. The van der Waals surface area contributed by atoms with Crippen molar-refractivity contribution in [3.8, 4) is 5.75 Å². The van der Waals surface area contributed by atoms with Crippen molar-refractivity contribution in [1.82, 2.24) is 5.43 Å². The second kappa shape index (κ2) is 8.97. The van der Waals surface area contributed by atoms with E-state index in [9.17, 15) is 9.59 Å². The summed E-state index contributed by atoms with van der Waals surface area (Å²) in [6.45, 7) is 1.86. The van der Waals surface area contributed by atoms with Crippen molar-refractivity contribution in [3.63, 3.8) is 0 Å². The fraction of sp³-hybridized carbons (Fsp3) is 0.0455. The van der Waals surface area contributed by atoms with Gasteiger partial charge in [-0.05, 0) is 60.5 Å². The Morgan fingerprint density at radius 1 is 1.00 bits per heavy atom. The monoisotopic (exact) mass is 392 g/mol. The zero-order valence-corrected chi connectivity index (χ0v) is 15.8. The lowest BCUT2D eigenvalue weighted by Gasteiger charge is -2.05. The number of rotatable bonds is 5. The molecule has 1 amide bonds. The molecule has 0 unspecified atom stereocenters. The fourth-order valence-electron chi connectivity index (χ4n) is 2.46. The Kier molecular flexibility index (Phi) is 6.19. The molecule has 0 saturated heterocycles. The van der Waals surface area contributed by atoms with Crippen molar-refractivity contribution in [2.24, 2.45) is 5.10 Å². The zero-order chi connectivity index (χ0) is 19.9. The van der Waals surface area contributed by atoms with Gasteiger partial charge >= 0.3 is 5.97 Å². The number of nitrogens with zero attached hydrogens (tertiary/aromatic N) is 1. The van der Waals surface area contributed by atoms with E-state index in [-0.39, 0.29) is 5.91 Å². The lowest BCUT2D eigenvalue weighted by Crippen LogP contribution is -2.18. The van der Waals surface area contributed by atoms with E-state index in [2.05, 4.69) is 10.5 Å². The number of hydrogen-bond acceptors (Lipinski definition) is 4. The molecule has 3 aromatic carbocycles. The van der Waals surface area contributed by atoms with Crippen molar-refractivity contribution in [2.45, 2.75) is 6.92 Å². The lowest BCUT2D eigenvalue weighted by atomic mass is 10.1. The molecular weight excluding hydrogens is 376 g/mol. The van der Waals surface area contributed by atoms with Gasteiger partial charge in [-0.2, -0.15) is 5.10 Å². The summed E-state index contributed by atoms with van der Waals surface area (Å²) < 4.78 is 5.36. The van der Waals surface area contributed by atoms with Crippen molar-refractivity contribution >= 4 is 29.7 Å². The van der Waals surface area contributed by atoms with Crippen LogP contribution in [0.25, 0.3) is 0 Å². The molecule has 6 heteroatoms. The number of benzene rings is 3. The molecule has 0 aromatic heterocycles. The van der Waals surface area contributed by atoms with Crippen LogP contribution in [-0.2, 0) is 0 Å². The molecule has 1 N–H and O–H groups in total. The number of carbonyl (C=O) groups excluding carboxylic acids is 2. The van der Waals surface area contributed by atoms with Gasteiger partial charge in [-0.1, -0.05) is 41.9 Å². The van der Waals surface area contributed by atoms with Gasteiger partial charge in [0.05, 0.1) is 11.8 Å². The summed E-state index contributed by atoms with van der Waals surface area (Å²) >= 11 is 5.82. The highest BCUT2D eigenvalue weighted by molar-refractivity contribution is 6.30. The highest BCUT2D eigenvalue weighted by atomic mass is 35.5. The number of esters is 1. The normalized spacial score (nSPS) is 10.6. The summed E-state index contributed by atoms with van der Waals surface area (Å²) in [5, 5.41) is 4.51. The molecule has 28 heavy (non-hydrogen) atoms. The fourth-order valence-corrected chi connectivity index (χ4v) is 2.59. The number of nitrogens with one attached hydrogen (secondary N) is 1. The maximum absolute atomic E-state index is 12.2. The average molecular weight is 393 g/mol. The first-order valence-corrected chi connectivity index (χ1v) is 8.87. The summed E-state index contributed by atoms with van der Waals surface area (Å²) in [6, 6.07) is 20.5. The number of amides is 1. The van der Waals surface area contributed by atoms with Gasteiger partial charge in [-0.15, -0.1) is 0 Å². The summed E-state index contributed by atoms with van der Waals surface area (Å²) in [7, 11) is 0.